The molecule has 0 bridgehead atoms. The molecule has 1 amide bonds. The molecule has 0 saturated carbocycles. The molecule has 1 aromatic carbocycles. The number of hydrogen-bond acceptors (Lipinski definition) is 6. The van der Waals surface area contributed by atoms with E-state index in [4.69, 9.17) is 10.6 Å². The lowest BCUT2D eigenvalue weighted by atomic mass is 10.2. The molecule has 0 atom stereocenters. The molecule has 2 rings (SSSR count). The minimum absolute atomic E-state index is 0. The van der Waals surface area contributed by atoms with Gasteiger partial charge in [-0.25, -0.2) is 13.9 Å². The SMILES string of the molecule is CN=C(N)NOCCNC(=O)Cn1c(C)ccc(NS(=O)(=O)c2cccc(C)c2)c1=O.Cl. The third kappa shape index (κ3) is 7.55. The third-order valence-electron chi connectivity index (χ3n) is 4.18. The topological polar surface area (TPSA) is 157 Å². The number of carbonyl (C=O) groups excluding carboxylic acids is 1. The molecule has 1 aromatic heterocycles. The highest BCUT2D eigenvalue weighted by Crippen LogP contribution is 2.15. The Morgan fingerprint density at radius 1 is 1.22 bits per heavy atom. The molecule has 1 heterocycles. The summed E-state index contributed by atoms with van der Waals surface area (Å²) in [6.07, 6.45) is 0. The van der Waals surface area contributed by atoms with Crippen molar-refractivity contribution in [1.82, 2.24) is 15.4 Å². The van der Waals surface area contributed by atoms with Crippen molar-refractivity contribution in [2.24, 2.45) is 10.7 Å². The van der Waals surface area contributed by atoms with Gasteiger partial charge in [0.2, 0.25) is 11.9 Å². The highest BCUT2D eigenvalue weighted by molar-refractivity contribution is 7.92. The first-order valence-corrected chi connectivity index (χ1v) is 10.8. The average Bonchev–Trinajstić information content (AvgIpc) is 2.72. The smallest absolute Gasteiger partial charge is 0.275 e. The number of nitrogens with two attached hydrogens (primary N) is 1. The summed E-state index contributed by atoms with van der Waals surface area (Å²) >= 11 is 0. The summed E-state index contributed by atoms with van der Waals surface area (Å²) < 4.78 is 28.7. The van der Waals surface area contributed by atoms with Crippen molar-refractivity contribution in [2.45, 2.75) is 25.3 Å². The fourth-order valence-electron chi connectivity index (χ4n) is 2.54. The maximum Gasteiger partial charge on any atom is 0.275 e. The number of carbonyl (C=O) groups is 1. The number of nitrogens with zero attached hydrogens (tertiary/aromatic N) is 2. The maximum absolute atomic E-state index is 12.8. The minimum atomic E-state index is -3.95. The quantitative estimate of drug-likeness (QED) is 0.171. The number of halogens is 1. The van der Waals surface area contributed by atoms with E-state index in [0.29, 0.717) is 5.69 Å². The van der Waals surface area contributed by atoms with E-state index in [2.05, 4.69) is 20.5 Å². The predicted octanol–water partition coefficient (Wildman–Crippen LogP) is 0.270. The number of amides is 1. The van der Waals surface area contributed by atoms with E-state index < -0.39 is 21.5 Å². The van der Waals surface area contributed by atoms with Crippen LogP contribution in [0.3, 0.4) is 0 Å². The summed E-state index contributed by atoms with van der Waals surface area (Å²) in [5.74, 6) is -0.344. The van der Waals surface area contributed by atoms with Gasteiger partial charge in [-0.05, 0) is 43.7 Å². The van der Waals surface area contributed by atoms with Gasteiger partial charge in [0.15, 0.2) is 0 Å². The maximum atomic E-state index is 12.8. The number of rotatable bonds is 9. The first-order valence-electron chi connectivity index (χ1n) is 9.30. The summed E-state index contributed by atoms with van der Waals surface area (Å²) in [5, 5.41) is 2.59. The van der Waals surface area contributed by atoms with Gasteiger partial charge < -0.3 is 15.6 Å². The van der Waals surface area contributed by atoms with Crippen LogP contribution < -0.4 is 26.8 Å². The Balaban J connectivity index is 0.00000512. The zero-order valence-electron chi connectivity index (χ0n) is 17.9. The lowest BCUT2D eigenvalue weighted by Crippen LogP contribution is -2.38. The number of aromatic nitrogens is 1. The van der Waals surface area contributed by atoms with Crippen LogP contribution in [0, 0.1) is 13.8 Å². The first-order chi connectivity index (χ1) is 14.6. The number of hydrogen-bond donors (Lipinski definition) is 4. The molecule has 0 radical (unpaired) electrons. The van der Waals surface area contributed by atoms with E-state index in [0.717, 1.165) is 5.56 Å². The van der Waals surface area contributed by atoms with Crippen LogP contribution in [-0.2, 0) is 26.2 Å². The van der Waals surface area contributed by atoms with Crippen molar-refractivity contribution in [3.63, 3.8) is 0 Å². The second kappa shape index (κ2) is 12.1. The monoisotopic (exact) mass is 486 g/mol. The molecule has 5 N–H and O–H groups in total. The molecular formula is C19H27ClN6O5S. The van der Waals surface area contributed by atoms with E-state index in [1.54, 1.807) is 32.0 Å². The van der Waals surface area contributed by atoms with Crippen LogP contribution in [0.4, 0.5) is 5.69 Å². The molecule has 13 heteroatoms. The van der Waals surface area contributed by atoms with E-state index in [1.807, 2.05) is 0 Å². The van der Waals surface area contributed by atoms with Crippen molar-refractivity contribution >= 4 is 40.0 Å². The highest BCUT2D eigenvalue weighted by Gasteiger charge is 2.18. The number of aliphatic imine (C=N–C) groups is 1. The van der Waals surface area contributed by atoms with Crippen LogP contribution in [0.1, 0.15) is 11.3 Å². The van der Waals surface area contributed by atoms with Gasteiger partial charge in [0.25, 0.3) is 15.6 Å². The average molecular weight is 487 g/mol. The van der Waals surface area contributed by atoms with Crippen LogP contribution in [0.2, 0.25) is 0 Å². The molecule has 0 spiro atoms. The molecule has 0 saturated heterocycles. The standard InChI is InChI=1S/C19H26N6O5S.ClH/c1-13-5-4-6-15(11-13)31(28,29)24-16-8-7-14(2)25(18(16)27)12-17(26)22-9-10-30-23-19(20)21-3;/h4-8,11,24H,9-10,12H2,1-3H3,(H,22,26)(H3,20,21,23);1H. The van der Waals surface area contributed by atoms with Crippen LogP contribution in [0.5, 0.6) is 0 Å². The fraction of sp³-hybridized carbons (Fsp3) is 0.316. The van der Waals surface area contributed by atoms with E-state index in [9.17, 15) is 18.0 Å². The second-order valence-electron chi connectivity index (χ2n) is 6.61. The van der Waals surface area contributed by atoms with Gasteiger partial charge in [0.05, 0.1) is 11.5 Å². The van der Waals surface area contributed by atoms with Gasteiger partial charge >= 0.3 is 0 Å². The summed E-state index contributed by atoms with van der Waals surface area (Å²) in [7, 11) is -2.46. The molecule has 11 nitrogen and oxygen atoms in total. The normalized spacial score (nSPS) is 11.4. The molecule has 0 aliphatic rings. The van der Waals surface area contributed by atoms with Crippen molar-refractivity contribution in [2.75, 3.05) is 24.9 Å². The third-order valence-corrected chi connectivity index (χ3v) is 5.55. The Bertz CT molecular complexity index is 1130. The van der Waals surface area contributed by atoms with E-state index in [-0.39, 0.29) is 48.6 Å². The summed E-state index contributed by atoms with van der Waals surface area (Å²) in [5.41, 5.74) is 8.26. The Hall–Kier alpha value is -3.09. The number of anilines is 1. The predicted molar refractivity (Wildman–Crippen MR) is 124 cm³/mol. The molecule has 0 aliphatic heterocycles. The van der Waals surface area contributed by atoms with Gasteiger partial charge in [-0.3, -0.25) is 24.1 Å². The lowest BCUT2D eigenvalue weighted by Gasteiger charge is -2.14. The summed E-state index contributed by atoms with van der Waals surface area (Å²) in [4.78, 5) is 33.6. The van der Waals surface area contributed by atoms with Crippen LogP contribution in [0.15, 0.2) is 51.1 Å². The molecular weight excluding hydrogens is 460 g/mol. The van der Waals surface area contributed by atoms with Gasteiger partial charge in [-0.2, -0.15) is 0 Å². The zero-order valence-corrected chi connectivity index (χ0v) is 19.5. The van der Waals surface area contributed by atoms with E-state index >= 15 is 0 Å². The number of aryl methyl sites for hydroxylation is 2. The first kappa shape index (κ1) is 26.9. The van der Waals surface area contributed by atoms with Crippen LogP contribution in [0.25, 0.3) is 0 Å². The Labute approximate surface area is 192 Å². The van der Waals surface area contributed by atoms with Crippen molar-refractivity contribution < 1.29 is 18.0 Å². The second-order valence-corrected chi connectivity index (χ2v) is 8.29. The van der Waals surface area contributed by atoms with Crippen molar-refractivity contribution in [3.8, 4) is 0 Å². The molecule has 2 aromatic rings. The Morgan fingerprint density at radius 3 is 2.59 bits per heavy atom. The number of guanidine groups is 1. The number of nitrogens with one attached hydrogen (secondary N) is 3. The van der Waals surface area contributed by atoms with Gasteiger partial charge in [0.1, 0.15) is 12.2 Å². The highest BCUT2D eigenvalue weighted by atomic mass is 35.5. The van der Waals surface area contributed by atoms with Gasteiger partial charge in [-0.15, -0.1) is 12.4 Å². The molecule has 0 unspecified atom stereocenters. The molecule has 32 heavy (non-hydrogen) atoms. The van der Waals surface area contributed by atoms with E-state index in [1.165, 1.54) is 29.8 Å². The largest absolute Gasteiger partial charge is 0.368 e. The number of hydroxylamine groups is 1. The minimum Gasteiger partial charge on any atom is -0.368 e. The zero-order chi connectivity index (χ0) is 23.0. The number of benzene rings is 1. The summed E-state index contributed by atoms with van der Waals surface area (Å²) in [6.45, 7) is 3.41. The van der Waals surface area contributed by atoms with Crippen LogP contribution >= 0.6 is 12.4 Å². The fourth-order valence-corrected chi connectivity index (χ4v) is 3.70. The molecule has 0 fully saturated rings. The number of pyridine rings is 1. The van der Waals surface area contributed by atoms with Crippen molar-refractivity contribution in [3.05, 3.63) is 58.0 Å². The molecule has 0 aliphatic carbocycles. The van der Waals surface area contributed by atoms with Gasteiger partial charge in [0, 0.05) is 19.3 Å². The Morgan fingerprint density at radius 2 is 1.94 bits per heavy atom. The Kier molecular flexibility index (Phi) is 10.2. The molecule has 176 valence electrons. The lowest BCUT2D eigenvalue weighted by molar-refractivity contribution is -0.122. The van der Waals surface area contributed by atoms with Gasteiger partial charge in [-0.1, -0.05) is 12.1 Å². The number of sulfonamides is 1. The van der Waals surface area contributed by atoms with Crippen molar-refractivity contribution in [1.29, 1.82) is 0 Å². The van der Waals surface area contributed by atoms with Crippen LogP contribution in [-0.4, -0.2) is 45.1 Å². The summed E-state index contributed by atoms with van der Waals surface area (Å²) in [6, 6.07) is 9.25.